The summed E-state index contributed by atoms with van der Waals surface area (Å²) in [6, 6.07) is 16.8. The predicted molar refractivity (Wildman–Crippen MR) is 141 cm³/mol. The summed E-state index contributed by atoms with van der Waals surface area (Å²) in [6.45, 7) is 0.318. The summed E-state index contributed by atoms with van der Waals surface area (Å²) < 4.78 is 36.0. The van der Waals surface area contributed by atoms with Crippen LogP contribution in [0.4, 0.5) is 4.39 Å². The topological polar surface area (TPSA) is 89.8 Å². The zero-order valence-corrected chi connectivity index (χ0v) is 22.1. The van der Waals surface area contributed by atoms with Crippen molar-refractivity contribution in [3.63, 3.8) is 0 Å². The highest BCUT2D eigenvalue weighted by Gasteiger charge is 2.15. The van der Waals surface area contributed by atoms with Crippen molar-refractivity contribution in [3.8, 4) is 29.1 Å². The van der Waals surface area contributed by atoms with Crippen molar-refractivity contribution in [2.24, 2.45) is 0 Å². The molecule has 0 bridgehead atoms. The summed E-state index contributed by atoms with van der Waals surface area (Å²) in [7, 11) is 4.58. The minimum Gasteiger partial charge on any atom is -0.497 e. The molecule has 186 valence electrons. The minimum atomic E-state index is -0.532. The molecular weight excluding hydrogens is 578 g/mol. The largest absolute Gasteiger partial charge is 0.497 e. The summed E-state index contributed by atoms with van der Waals surface area (Å²) in [5.74, 6) is 1.22. The van der Waals surface area contributed by atoms with E-state index in [4.69, 9.17) is 18.9 Å². The van der Waals surface area contributed by atoms with E-state index in [1.165, 1.54) is 32.4 Å². The smallest absolute Gasteiger partial charge is 0.262 e. The molecule has 1 amide bonds. The van der Waals surface area contributed by atoms with E-state index in [-0.39, 0.29) is 24.5 Å². The molecule has 0 atom stereocenters. The first-order chi connectivity index (χ1) is 17.4. The van der Waals surface area contributed by atoms with Gasteiger partial charge in [-0.1, -0.05) is 12.1 Å². The normalized spacial score (nSPS) is 10.8. The van der Waals surface area contributed by atoms with Crippen molar-refractivity contribution in [1.82, 2.24) is 5.32 Å². The quantitative estimate of drug-likeness (QED) is 0.194. The van der Waals surface area contributed by atoms with Crippen molar-refractivity contribution in [2.45, 2.75) is 13.2 Å². The SMILES string of the molecule is COc1ccc(CNC(=O)/C(C#N)=C/c2cc(I)c(OCc3cccc(F)c3)c(OC)c2)c(OC)c1. The molecule has 0 saturated carbocycles. The van der Waals surface area contributed by atoms with E-state index in [1.807, 2.05) is 6.07 Å². The minimum absolute atomic E-state index is 0.0752. The van der Waals surface area contributed by atoms with E-state index >= 15 is 0 Å². The Morgan fingerprint density at radius 1 is 1.06 bits per heavy atom. The first-order valence-electron chi connectivity index (χ1n) is 10.7. The van der Waals surface area contributed by atoms with Crippen LogP contribution in [0, 0.1) is 20.7 Å². The summed E-state index contributed by atoms with van der Waals surface area (Å²) in [6.07, 6.45) is 1.47. The molecule has 7 nitrogen and oxygen atoms in total. The Morgan fingerprint density at radius 3 is 2.50 bits per heavy atom. The fourth-order valence-electron chi connectivity index (χ4n) is 3.33. The molecule has 36 heavy (non-hydrogen) atoms. The maximum absolute atomic E-state index is 13.5. The molecule has 0 unspecified atom stereocenters. The summed E-state index contributed by atoms with van der Waals surface area (Å²) >= 11 is 2.08. The highest BCUT2D eigenvalue weighted by Crippen LogP contribution is 2.35. The molecule has 3 aromatic rings. The molecular formula is C27H24FIN2O5. The number of carbonyl (C=O) groups is 1. The number of carbonyl (C=O) groups excluding carboxylic acids is 1. The van der Waals surface area contributed by atoms with Gasteiger partial charge in [0.2, 0.25) is 0 Å². The number of ether oxygens (including phenoxy) is 4. The van der Waals surface area contributed by atoms with E-state index in [1.54, 1.807) is 49.6 Å². The number of benzene rings is 3. The first-order valence-corrected chi connectivity index (χ1v) is 11.8. The zero-order valence-electron chi connectivity index (χ0n) is 19.9. The number of methoxy groups -OCH3 is 3. The Kier molecular flexibility index (Phi) is 9.53. The molecule has 0 radical (unpaired) electrons. The standard InChI is InChI=1S/C27H24FIN2O5/c1-33-22-8-7-19(24(13-22)34-2)15-31-27(32)20(14-30)9-18-11-23(29)26(25(12-18)35-3)36-16-17-5-4-6-21(28)10-17/h4-13H,15-16H2,1-3H3,(H,31,32)/b20-9+. The number of hydrogen-bond acceptors (Lipinski definition) is 6. The molecule has 0 spiro atoms. The molecule has 0 aliphatic carbocycles. The van der Waals surface area contributed by atoms with Gasteiger partial charge >= 0.3 is 0 Å². The van der Waals surface area contributed by atoms with Gasteiger partial charge in [0.05, 0.1) is 24.9 Å². The number of amides is 1. The molecule has 0 aromatic heterocycles. The third-order valence-corrected chi connectivity index (χ3v) is 5.93. The number of halogens is 2. The van der Waals surface area contributed by atoms with Gasteiger partial charge in [0.15, 0.2) is 11.5 Å². The van der Waals surface area contributed by atoms with E-state index in [9.17, 15) is 14.4 Å². The summed E-state index contributed by atoms with van der Waals surface area (Å²) in [5, 5.41) is 12.3. The van der Waals surface area contributed by atoms with Crippen LogP contribution in [0.2, 0.25) is 0 Å². The Balaban J connectivity index is 1.76. The lowest BCUT2D eigenvalue weighted by molar-refractivity contribution is -0.117. The molecule has 9 heteroatoms. The molecule has 3 rings (SSSR count). The maximum Gasteiger partial charge on any atom is 0.262 e. The van der Waals surface area contributed by atoms with E-state index in [2.05, 4.69) is 27.9 Å². The average molecular weight is 602 g/mol. The van der Waals surface area contributed by atoms with Gasteiger partial charge in [0.25, 0.3) is 5.91 Å². The Labute approximate surface area is 222 Å². The Morgan fingerprint density at radius 2 is 1.83 bits per heavy atom. The van der Waals surface area contributed by atoms with Gasteiger partial charge in [-0.25, -0.2) is 4.39 Å². The first kappa shape index (κ1) is 26.8. The average Bonchev–Trinajstić information content (AvgIpc) is 2.89. The molecule has 0 saturated heterocycles. The van der Waals surface area contributed by atoms with Gasteiger partial charge in [0, 0.05) is 18.2 Å². The van der Waals surface area contributed by atoms with Gasteiger partial charge in [-0.15, -0.1) is 0 Å². The van der Waals surface area contributed by atoms with Crippen molar-refractivity contribution >= 4 is 34.6 Å². The van der Waals surface area contributed by atoms with Crippen LogP contribution >= 0.6 is 22.6 Å². The molecule has 3 aromatic carbocycles. The molecule has 0 aliphatic heterocycles. The van der Waals surface area contributed by atoms with Crippen LogP contribution in [0.3, 0.4) is 0 Å². The van der Waals surface area contributed by atoms with Crippen molar-refractivity contribution in [2.75, 3.05) is 21.3 Å². The molecule has 0 fully saturated rings. The van der Waals surface area contributed by atoms with Gasteiger partial charge < -0.3 is 24.3 Å². The summed E-state index contributed by atoms with van der Waals surface area (Å²) in [4.78, 5) is 12.7. The number of nitriles is 1. The number of rotatable bonds is 10. The number of nitrogens with one attached hydrogen (secondary N) is 1. The van der Waals surface area contributed by atoms with E-state index in [0.29, 0.717) is 37.7 Å². The molecule has 1 N–H and O–H groups in total. The van der Waals surface area contributed by atoms with Crippen LogP contribution in [0.1, 0.15) is 16.7 Å². The number of hydrogen-bond donors (Lipinski definition) is 1. The number of nitrogens with zero attached hydrogens (tertiary/aromatic N) is 1. The predicted octanol–water partition coefficient (Wildman–Crippen LogP) is 5.26. The van der Waals surface area contributed by atoms with Crippen molar-refractivity contribution < 1.29 is 28.1 Å². The van der Waals surface area contributed by atoms with Crippen LogP contribution in [-0.2, 0) is 17.9 Å². The molecule has 0 heterocycles. The highest BCUT2D eigenvalue weighted by atomic mass is 127. The third-order valence-electron chi connectivity index (χ3n) is 5.13. The van der Waals surface area contributed by atoms with Crippen LogP contribution in [-0.4, -0.2) is 27.2 Å². The van der Waals surface area contributed by atoms with E-state index in [0.717, 1.165) is 5.56 Å². The maximum atomic E-state index is 13.5. The van der Waals surface area contributed by atoms with Gasteiger partial charge in [-0.3, -0.25) is 4.79 Å². The molecule has 0 aliphatic rings. The van der Waals surface area contributed by atoms with Gasteiger partial charge in [-0.05, 0) is 76.2 Å². The lowest BCUT2D eigenvalue weighted by atomic mass is 10.1. The van der Waals surface area contributed by atoms with Crippen molar-refractivity contribution in [3.05, 3.63) is 86.2 Å². The zero-order chi connectivity index (χ0) is 26.1. The second-order valence-corrected chi connectivity index (χ2v) is 8.65. The Bertz CT molecular complexity index is 1320. The van der Waals surface area contributed by atoms with Crippen LogP contribution in [0.15, 0.2) is 60.2 Å². The fourth-order valence-corrected chi connectivity index (χ4v) is 4.11. The van der Waals surface area contributed by atoms with Gasteiger partial charge in [0.1, 0.15) is 35.6 Å². The van der Waals surface area contributed by atoms with Gasteiger partial charge in [-0.2, -0.15) is 5.26 Å². The lowest BCUT2D eigenvalue weighted by Gasteiger charge is -2.14. The third kappa shape index (κ3) is 6.88. The van der Waals surface area contributed by atoms with Crippen LogP contribution in [0.5, 0.6) is 23.0 Å². The monoisotopic (exact) mass is 602 g/mol. The van der Waals surface area contributed by atoms with Crippen molar-refractivity contribution in [1.29, 1.82) is 5.26 Å². The van der Waals surface area contributed by atoms with E-state index < -0.39 is 5.91 Å². The van der Waals surface area contributed by atoms with Crippen LogP contribution < -0.4 is 24.3 Å². The second kappa shape index (κ2) is 12.8. The Hall–Kier alpha value is -3.78. The fraction of sp³-hybridized carbons (Fsp3) is 0.185. The van der Waals surface area contributed by atoms with Crippen LogP contribution in [0.25, 0.3) is 6.08 Å². The highest BCUT2D eigenvalue weighted by molar-refractivity contribution is 14.1. The second-order valence-electron chi connectivity index (χ2n) is 7.48. The summed E-state index contributed by atoms with van der Waals surface area (Å²) in [5.41, 5.74) is 1.92. The lowest BCUT2D eigenvalue weighted by Crippen LogP contribution is -2.24.